The Morgan fingerprint density at radius 1 is 1.11 bits per heavy atom. The van der Waals surface area contributed by atoms with Crippen LogP contribution in [0.15, 0.2) is 0 Å². The second-order valence-corrected chi connectivity index (χ2v) is 2.44. The summed E-state index contributed by atoms with van der Waals surface area (Å²) >= 11 is 0.731. The van der Waals surface area contributed by atoms with Crippen LogP contribution in [0.25, 0.3) is 0 Å². The van der Waals surface area contributed by atoms with Crippen LogP contribution in [-0.2, 0) is 36.9 Å². The molecule has 5 heteroatoms. The number of hydrogen-bond donors (Lipinski definition) is 0. The van der Waals surface area contributed by atoms with E-state index in [4.69, 9.17) is 0 Å². The predicted octanol–water partition coefficient (Wildman–Crippen LogP) is -0.374. The summed E-state index contributed by atoms with van der Waals surface area (Å²) in [6, 6.07) is 0. The summed E-state index contributed by atoms with van der Waals surface area (Å²) in [7, 11) is 0. The third kappa shape index (κ3) is 17.6. The summed E-state index contributed by atoms with van der Waals surface area (Å²) in [5.74, 6) is 0. The molecule has 0 aliphatic rings. The molecule has 48 valence electrons. The summed E-state index contributed by atoms with van der Waals surface area (Å²) in [6.45, 7) is 2.73. The Morgan fingerprint density at radius 3 is 1.33 bits per heavy atom. The molecule has 0 saturated heterocycles. The van der Waals surface area contributed by atoms with Crippen molar-refractivity contribution in [2.45, 2.75) is 13.8 Å². The third-order valence-corrected chi connectivity index (χ3v) is 0.862. The molecule has 0 unspecified atom stereocenters. The van der Waals surface area contributed by atoms with Crippen LogP contribution in [-0.4, -0.2) is 27.6 Å². The van der Waals surface area contributed by atoms with Crippen LogP contribution in [0.5, 0.6) is 0 Å². The first-order valence-corrected chi connectivity index (χ1v) is 2.63. The Balaban J connectivity index is -0.000000180. The molecule has 0 amide bonds. The van der Waals surface area contributed by atoms with Crippen LogP contribution >= 0.6 is 11.8 Å². The third-order valence-electron chi connectivity index (χ3n) is 0.287. The van der Waals surface area contributed by atoms with Gasteiger partial charge in [0.2, 0.25) is 0 Å². The van der Waals surface area contributed by atoms with E-state index in [0.717, 1.165) is 11.8 Å². The van der Waals surface area contributed by atoms with Crippen LogP contribution in [0, 0.1) is 0 Å². The Kier molecular flexibility index (Phi) is 16.9. The van der Waals surface area contributed by atoms with Gasteiger partial charge in [0.05, 0.1) is 0 Å². The summed E-state index contributed by atoms with van der Waals surface area (Å²) < 4.78 is 0. The number of thioether (sulfide) groups is 1. The van der Waals surface area contributed by atoms with Gasteiger partial charge in [-0.1, -0.05) is 0 Å². The molecule has 9 heavy (non-hydrogen) atoms. The molecular weight excluding hydrogens is 252 g/mol. The van der Waals surface area contributed by atoms with Gasteiger partial charge in [-0.15, -0.1) is 0 Å². The van der Waals surface area contributed by atoms with Gasteiger partial charge >= 0.3 is 0 Å². The average Bonchev–Trinajstić information content (AvgIpc) is 1.27. The summed E-state index contributed by atoms with van der Waals surface area (Å²) in [4.78, 5) is 20.0. The second-order valence-electron chi connectivity index (χ2n) is 1.09. The number of hydrogen-bond acceptors (Lipinski definition) is 3. The van der Waals surface area contributed by atoms with Crippen molar-refractivity contribution in [3.05, 3.63) is 0 Å². The average molecular weight is 261 g/mol. The molecular formula is C4H9AlCdO2S. The molecule has 0 aliphatic carbocycles. The normalized spacial score (nSPS) is 6.44. The van der Waals surface area contributed by atoms with Crippen molar-refractivity contribution in [2.75, 3.05) is 0 Å². The summed E-state index contributed by atoms with van der Waals surface area (Å²) in [5, 5.41) is -0.292. The van der Waals surface area contributed by atoms with Gasteiger partial charge in [0.25, 0.3) is 0 Å². The van der Waals surface area contributed by atoms with Crippen LogP contribution in [0.4, 0.5) is 0 Å². The van der Waals surface area contributed by atoms with Crippen molar-refractivity contribution in [1.29, 1.82) is 0 Å². The van der Waals surface area contributed by atoms with Crippen LogP contribution in [0.2, 0.25) is 0 Å². The van der Waals surface area contributed by atoms with Crippen molar-refractivity contribution < 1.29 is 36.9 Å². The topological polar surface area (TPSA) is 34.1 Å². The monoisotopic (exact) mass is 262 g/mol. The van der Waals surface area contributed by atoms with Crippen LogP contribution in [0.3, 0.4) is 0 Å². The summed E-state index contributed by atoms with van der Waals surface area (Å²) in [5.41, 5.74) is 0. The molecule has 0 aromatic heterocycles. The first kappa shape index (κ1) is 16.6. The van der Waals surface area contributed by atoms with Crippen LogP contribution in [0.1, 0.15) is 13.8 Å². The van der Waals surface area contributed by atoms with E-state index in [9.17, 15) is 9.59 Å². The van der Waals surface area contributed by atoms with Gasteiger partial charge < -0.3 is 0 Å². The van der Waals surface area contributed by atoms with Gasteiger partial charge in [0, 0.05) is 41.1 Å². The minimum atomic E-state index is -0.146. The Labute approximate surface area is 89.4 Å². The molecule has 0 aliphatic heterocycles. The first-order valence-electron chi connectivity index (χ1n) is 1.82. The molecule has 2 nitrogen and oxygen atoms in total. The molecule has 0 atom stereocenters. The van der Waals surface area contributed by atoms with Crippen molar-refractivity contribution >= 4 is 39.4 Å². The van der Waals surface area contributed by atoms with Gasteiger partial charge in [-0.2, -0.15) is 0 Å². The van der Waals surface area contributed by atoms with E-state index in [1.165, 1.54) is 13.8 Å². The van der Waals surface area contributed by atoms with Gasteiger partial charge in [0.15, 0.2) is 27.6 Å². The second kappa shape index (κ2) is 9.14. The smallest absolute Gasteiger partial charge is 0.193 e. The zero-order chi connectivity index (χ0) is 5.86. The van der Waals surface area contributed by atoms with Gasteiger partial charge in [-0.25, -0.2) is 0 Å². The molecule has 0 radical (unpaired) electrons. The fourth-order valence-corrected chi connectivity index (χ4v) is 0.607. The Morgan fingerprint density at radius 2 is 1.33 bits per heavy atom. The fraction of sp³-hybridized carbons (Fsp3) is 0.500. The molecule has 0 saturated carbocycles. The Hall–Kier alpha value is 1.14. The van der Waals surface area contributed by atoms with E-state index in [1.54, 1.807) is 0 Å². The van der Waals surface area contributed by atoms with Gasteiger partial charge in [0.1, 0.15) is 0 Å². The standard InChI is InChI=1S/C4H6O2S.Al.Cd.3H/c1-3(5)7-4(2)6;;;;;/h1-2H3;;;;;. The van der Waals surface area contributed by atoms with E-state index >= 15 is 0 Å². The van der Waals surface area contributed by atoms with Crippen molar-refractivity contribution in [2.24, 2.45) is 0 Å². The predicted molar refractivity (Wildman–Crippen MR) is 38.9 cm³/mol. The van der Waals surface area contributed by atoms with E-state index in [1.807, 2.05) is 0 Å². The molecule has 0 fully saturated rings. The molecule has 0 spiro atoms. The van der Waals surface area contributed by atoms with Gasteiger partial charge in [-0.05, 0) is 11.8 Å². The minimum absolute atomic E-state index is 0. The maximum absolute atomic E-state index is 10.00. The zero-order valence-electron chi connectivity index (χ0n) is 4.93. The number of rotatable bonds is 0. The quantitative estimate of drug-likeness (QED) is 0.557. The van der Waals surface area contributed by atoms with E-state index in [0.29, 0.717) is 0 Å². The van der Waals surface area contributed by atoms with E-state index in [2.05, 4.69) is 0 Å². The number of carbonyl (C=O) groups is 2. The summed E-state index contributed by atoms with van der Waals surface area (Å²) in [6.07, 6.45) is 0. The van der Waals surface area contributed by atoms with E-state index in [-0.39, 0.29) is 54.9 Å². The van der Waals surface area contributed by atoms with E-state index < -0.39 is 0 Å². The maximum Gasteiger partial charge on any atom is 0.193 e. The molecule has 0 rings (SSSR count). The number of carbonyl (C=O) groups excluding carboxylic acids is 2. The SMILES string of the molecule is CC(=O)SC(C)=O.[AlH3].[Cd]. The largest absolute Gasteiger partial charge is 0.287 e. The molecule has 0 N–H and O–H groups in total. The Bertz CT molecular complexity index is 94.7. The maximum atomic E-state index is 10.00. The molecule has 0 aromatic rings. The minimum Gasteiger partial charge on any atom is -0.287 e. The molecule has 0 aromatic carbocycles. The van der Waals surface area contributed by atoms with Crippen LogP contribution < -0.4 is 0 Å². The van der Waals surface area contributed by atoms with Crippen molar-refractivity contribution in [3.63, 3.8) is 0 Å². The molecule has 0 bridgehead atoms. The zero-order valence-corrected chi connectivity index (χ0v) is 9.78. The fourth-order valence-electron chi connectivity index (χ4n) is 0.202. The van der Waals surface area contributed by atoms with Crippen molar-refractivity contribution in [1.82, 2.24) is 0 Å². The molecule has 0 heterocycles. The van der Waals surface area contributed by atoms with Gasteiger partial charge in [-0.3, -0.25) is 9.59 Å². The first-order chi connectivity index (χ1) is 3.13. The van der Waals surface area contributed by atoms with Crippen molar-refractivity contribution in [3.8, 4) is 0 Å².